The Kier molecular flexibility index (Phi) is 4.28. The van der Waals surface area contributed by atoms with E-state index < -0.39 is 11.9 Å². The van der Waals surface area contributed by atoms with Gasteiger partial charge in [-0.25, -0.2) is 14.3 Å². The van der Waals surface area contributed by atoms with E-state index in [1.54, 1.807) is 25.1 Å². The van der Waals surface area contributed by atoms with Gasteiger partial charge in [-0.2, -0.15) is 5.10 Å². The molecule has 0 aliphatic rings. The molecule has 0 saturated heterocycles. The number of aryl methyl sites for hydroxylation is 1. The molecule has 0 unspecified atom stereocenters. The summed E-state index contributed by atoms with van der Waals surface area (Å²) in [5, 5.41) is 13.4. The molecule has 0 spiro atoms. The number of methoxy groups -OCH3 is 1. The number of aromatic nitrogens is 2. The van der Waals surface area contributed by atoms with Gasteiger partial charge in [0.05, 0.1) is 24.1 Å². The first-order chi connectivity index (χ1) is 9.99. The first-order valence-electron chi connectivity index (χ1n) is 6.19. The van der Waals surface area contributed by atoms with Crippen molar-refractivity contribution in [1.29, 1.82) is 0 Å². The van der Waals surface area contributed by atoms with Crippen molar-refractivity contribution in [2.75, 3.05) is 7.11 Å². The van der Waals surface area contributed by atoms with Crippen molar-refractivity contribution in [2.24, 2.45) is 0 Å². The standard InChI is InChI=1S/C14H13ClN2O4/c1-3-10-11(13(18)19)12(15)17(16-10)9-6-4-5-8(7-9)14(20)21-2/h4-7H,3H2,1-2H3,(H,18,19). The van der Waals surface area contributed by atoms with Crippen molar-refractivity contribution in [3.63, 3.8) is 0 Å². The van der Waals surface area contributed by atoms with E-state index in [2.05, 4.69) is 9.84 Å². The number of halogens is 1. The SMILES string of the molecule is CCc1nn(-c2cccc(C(=O)OC)c2)c(Cl)c1C(=O)O. The van der Waals surface area contributed by atoms with Gasteiger partial charge in [0.2, 0.25) is 0 Å². The minimum atomic E-state index is -1.13. The molecular formula is C14H13ClN2O4. The van der Waals surface area contributed by atoms with Crippen molar-refractivity contribution in [3.05, 3.63) is 46.2 Å². The minimum absolute atomic E-state index is 0.00126. The van der Waals surface area contributed by atoms with Crippen LogP contribution in [0.25, 0.3) is 5.69 Å². The highest BCUT2D eigenvalue weighted by Gasteiger charge is 2.22. The normalized spacial score (nSPS) is 10.4. The fourth-order valence-corrected chi connectivity index (χ4v) is 2.28. The number of carboxylic acids is 1. The molecule has 0 fully saturated rings. The molecule has 0 amide bonds. The zero-order valence-corrected chi connectivity index (χ0v) is 12.2. The van der Waals surface area contributed by atoms with E-state index in [-0.39, 0.29) is 10.7 Å². The Morgan fingerprint density at radius 3 is 2.67 bits per heavy atom. The number of carboxylic acid groups (broad SMARTS) is 1. The van der Waals surface area contributed by atoms with Crippen molar-refractivity contribution >= 4 is 23.5 Å². The smallest absolute Gasteiger partial charge is 0.340 e. The summed E-state index contributed by atoms with van der Waals surface area (Å²) in [5.41, 5.74) is 1.18. The zero-order valence-electron chi connectivity index (χ0n) is 11.5. The second-order valence-corrected chi connectivity index (χ2v) is 4.58. The molecule has 1 heterocycles. The second-order valence-electron chi connectivity index (χ2n) is 4.22. The molecular weight excluding hydrogens is 296 g/mol. The topological polar surface area (TPSA) is 81.4 Å². The molecule has 1 N–H and O–H groups in total. The fraction of sp³-hybridized carbons (Fsp3) is 0.214. The predicted octanol–water partition coefficient (Wildman–Crippen LogP) is 2.57. The number of ether oxygens (including phenoxy) is 1. The monoisotopic (exact) mass is 308 g/mol. The van der Waals surface area contributed by atoms with Crippen LogP contribution in [-0.2, 0) is 11.2 Å². The van der Waals surface area contributed by atoms with E-state index in [0.717, 1.165) is 0 Å². The lowest BCUT2D eigenvalue weighted by atomic mass is 10.2. The summed E-state index contributed by atoms with van der Waals surface area (Å²) in [6.45, 7) is 1.79. The van der Waals surface area contributed by atoms with Gasteiger partial charge in [-0.1, -0.05) is 24.6 Å². The van der Waals surface area contributed by atoms with Crippen LogP contribution in [0.2, 0.25) is 5.15 Å². The van der Waals surface area contributed by atoms with Gasteiger partial charge >= 0.3 is 11.9 Å². The first-order valence-corrected chi connectivity index (χ1v) is 6.56. The highest BCUT2D eigenvalue weighted by atomic mass is 35.5. The third-order valence-corrected chi connectivity index (χ3v) is 3.31. The molecule has 0 radical (unpaired) electrons. The Bertz CT molecular complexity index is 709. The quantitative estimate of drug-likeness (QED) is 0.878. The number of aromatic carboxylic acids is 1. The Morgan fingerprint density at radius 1 is 1.43 bits per heavy atom. The molecule has 0 aliphatic heterocycles. The molecule has 2 rings (SSSR count). The van der Waals surface area contributed by atoms with Crippen LogP contribution >= 0.6 is 11.6 Å². The fourth-order valence-electron chi connectivity index (χ4n) is 1.95. The highest BCUT2D eigenvalue weighted by molar-refractivity contribution is 6.33. The number of nitrogens with zero attached hydrogens (tertiary/aromatic N) is 2. The van der Waals surface area contributed by atoms with E-state index in [1.807, 2.05) is 0 Å². The van der Waals surface area contributed by atoms with Crippen LogP contribution in [0.5, 0.6) is 0 Å². The number of carbonyl (C=O) groups is 2. The van der Waals surface area contributed by atoms with Gasteiger partial charge in [0.25, 0.3) is 0 Å². The molecule has 21 heavy (non-hydrogen) atoms. The lowest BCUT2D eigenvalue weighted by Crippen LogP contribution is -2.04. The zero-order chi connectivity index (χ0) is 15.6. The second kappa shape index (κ2) is 5.97. The maximum atomic E-state index is 11.5. The van der Waals surface area contributed by atoms with E-state index in [4.69, 9.17) is 11.6 Å². The summed E-state index contributed by atoms with van der Waals surface area (Å²) < 4.78 is 5.95. The average Bonchev–Trinajstić information content (AvgIpc) is 2.83. The Hall–Kier alpha value is -2.34. The van der Waals surface area contributed by atoms with Crippen LogP contribution in [0, 0.1) is 0 Å². The van der Waals surface area contributed by atoms with E-state index >= 15 is 0 Å². The van der Waals surface area contributed by atoms with Crippen molar-refractivity contribution < 1.29 is 19.4 Å². The maximum Gasteiger partial charge on any atom is 0.340 e. The van der Waals surface area contributed by atoms with Crippen molar-refractivity contribution in [3.8, 4) is 5.69 Å². The van der Waals surface area contributed by atoms with Gasteiger partial charge in [0, 0.05) is 0 Å². The van der Waals surface area contributed by atoms with Gasteiger partial charge < -0.3 is 9.84 Å². The Balaban J connectivity index is 2.57. The molecule has 0 bridgehead atoms. The number of hydrogen-bond acceptors (Lipinski definition) is 4. The summed E-state index contributed by atoms with van der Waals surface area (Å²) in [6.07, 6.45) is 0.436. The third-order valence-electron chi connectivity index (χ3n) is 2.96. The molecule has 7 heteroatoms. The molecule has 0 atom stereocenters. The number of esters is 1. The van der Waals surface area contributed by atoms with Crippen LogP contribution in [0.4, 0.5) is 0 Å². The Morgan fingerprint density at radius 2 is 2.14 bits per heavy atom. The van der Waals surface area contributed by atoms with Crippen LogP contribution in [0.3, 0.4) is 0 Å². The van der Waals surface area contributed by atoms with Gasteiger partial charge in [0.1, 0.15) is 10.7 Å². The molecule has 1 aromatic carbocycles. The van der Waals surface area contributed by atoms with Crippen LogP contribution in [0.15, 0.2) is 24.3 Å². The summed E-state index contributed by atoms with van der Waals surface area (Å²) in [6, 6.07) is 6.45. The largest absolute Gasteiger partial charge is 0.478 e. The molecule has 6 nitrogen and oxygen atoms in total. The van der Waals surface area contributed by atoms with Crippen LogP contribution < -0.4 is 0 Å². The van der Waals surface area contributed by atoms with Gasteiger partial charge in [-0.05, 0) is 24.6 Å². The van der Waals surface area contributed by atoms with Crippen LogP contribution in [-0.4, -0.2) is 33.9 Å². The molecule has 110 valence electrons. The molecule has 0 saturated carbocycles. The lowest BCUT2D eigenvalue weighted by Gasteiger charge is -2.05. The van der Waals surface area contributed by atoms with Crippen LogP contribution in [0.1, 0.15) is 33.3 Å². The molecule has 0 aliphatic carbocycles. The first kappa shape index (κ1) is 15.1. The van der Waals surface area contributed by atoms with E-state index in [1.165, 1.54) is 17.9 Å². The van der Waals surface area contributed by atoms with Crippen molar-refractivity contribution in [1.82, 2.24) is 9.78 Å². The summed E-state index contributed by atoms with van der Waals surface area (Å²) in [5.74, 6) is -1.62. The number of benzene rings is 1. The summed E-state index contributed by atoms with van der Waals surface area (Å²) in [4.78, 5) is 22.8. The third kappa shape index (κ3) is 2.75. The van der Waals surface area contributed by atoms with Gasteiger partial charge in [-0.15, -0.1) is 0 Å². The lowest BCUT2D eigenvalue weighted by molar-refractivity contribution is 0.0599. The van der Waals surface area contributed by atoms with Crippen molar-refractivity contribution in [2.45, 2.75) is 13.3 Å². The van der Waals surface area contributed by atoms with Gasteiger partial charge in [0.15, 0.2) is 0 Å². The van der Waals surface area contributed by atoms with E-state index in [9.17, 15) is 14.7 Å². The summed E-state index contributed by atoms with van der Waals surface area (Å²) >= 11 is 6.11. The molecule has 2 aromatic rings. The Labute approximate surface area is 125 Å². The number of carbonyl (C=O) groups excluding carboxylic acids is 1. The minimum Gasteiger partial charge on any atom is -0.478 e. The van der Waals surface area contributed by atoms with Gasteiger partial charge in [-0.3, -0.25) is 0 Å². The maximum absolute atomic E-state index is 11.5. The average molecular weight is 309 g/mol. The predicted molar refractivity (Wildman–Crippen MR) is 76.3 cm³/mol. The number of hydrogen-bond donors (Lipinski definition) is 1. The number of rotatable bonds is 4. The molecule has 1 aromatic heterocycles. The van der Waals surface area contributed by atoms with E-state index in [0.29, 0.717) is 23.4 Å². The summed E-state index contributed by atoms with van der Waals surface area (Å²) in [7, 11) is 1.29. The highest BCUT2D eigenvalue weighted by Crippen LogP contribution is 2.24.